The number of hydrogen-bond donors (Lipinski definition) is 0. The van der Waals surface area contributed by atoms with Crippen molar-refractivity contribution in [3.8, 4) is 6.07 Å². The SMILES string of the molecule is C=CCN(C)c1cc(Br)cc(C#N)c1. The molecule has 1 rings (SSSR count). The highest BCUT2D eigenvalue weighted by Gasteiger charge is 2.02. The number of nitrogens with zero attached hydrogens (tertiary/aromatic N) is 2. The second kappa shape index (κ2) is 4.83. The predicted octanol–water partition coefficient (Wildman–Crippen LogP) is 2.94. The maximum absolute atomic E-state index is 8.79. The molecule has 72 valence electrons. The van der Waals surface area contributed by atoms with E-state index in [0.29, 0.717) is 5.56 Å². The molecule has 3 heteroatoms. The van der Waals surface area contributed by atoms with Crippen molar-refractivity contribution in [3.63, 3.8) is 0 Å². The van der Waals surface area contributed by atoms with Crippen LogP contribution >= 0.6 is 15.9 Å². The summed E-state index contributed by atoms with van der Waals surface area (Å²) in [5.74, 6) is 0. The van der Waals surface area contributed by atoms with E-state index in [4.69, 9.17) is 5.26 Å². The molecule has 0 radical (unpaired) electrons. The average molecular weight is 251 g/mol. The van der Waals surface area contributed by atoms with E-state index in [9.17, 15) is 0 Å². The van der Waals surface area contributed by atoms with Gasteiger partial charge >= 0.3 is 0 Å². The summed E-state index contributed by atoms with van der Waals surface area (Å²) in [6, 6.07) is 7.75. The molecule has 0 aliphatic rings. The largest absolute Gasteiger partial charge is 0.371 e. The van der Waals surface area contributed by atoms with Crippen LogP contribution in [-0.2, 0) is 0 Å². The van der Waals surface area contributed by atoms with Gasteiger partial charge in [0.15, 0.2) is 0 Å². The van der Waals surface area contributed by atoms with Gasteiger partial charge in [-0.15, -0.1) is 6.58 Å². The van der Waals surface area contributed by atoms with Crippen molar-refractivity contribution in [1.29, 1.82) is 5.26 Å². The molecule has 0 bridgehead atoms. The van der Waals surface area contributed by atoms with Crippen LogP contribution in [0.1, 0.15) is 5.56 Å². The van der Waals surface area contributed by atoms with E-state index in [1.54, 1.807) is 6.07 Å². The summed E-state index contributed by atoms with van der Waals surface area (Å²) >= 11 is 3.37. The van der Waals surface area contributed by atoms with E-state index in [1.165, 1.54) is 0 Å². The Morgan fingerprint density at radius 1 is 1.57 bits per heavy atom. The number of halogens is 1. The first kappa shape index (κ1) is 10.8. The first-order chi connectivity index (χ1) is 6.67. The molecule has 2 nitrogen and oxygen atoms in total. The number of rotatable bonds is 3. The summed E-state index contributed by atoms with van der Waals surface area (Å²) in [4.78, 5) is 2.03. The molecule has 0 spiro atoms. The third kappa shape index (κ3) is 2.61. The second-order valence-corrected chi connectivity index (χ2v) is 3.89. The third-order valence-corrected chi connectivity index (χ3v) is 2.31. The normalized spacial score (nSPS) is 9.21. The maximum atomic E-state index is 8.79. The molecule has 1 aromatic rings. The van der Waals surface area contributed by atoms with Gasteiger partial charge in [-0.1, -0.05) is 22.0 Å². The van der Waals surface area contributed by atoms with E-state index >= 15 is 0 Å². The van der Waals surface area contributed by atoms with Crippen LogP contribution in [0.15, 0.2) is 35.3 Å². The molecule has 0 heterocycles. The summed E-state index contributed by atoms with van der Waals surface area (Å²) in [5, 5.41) is 8.79. The summed E-state index contributed by atoms with van der Waals surface area (Å²) in [6.07, 6.45) is 1.83. The van der Waals surface area contributed by atoms with Crippen LogP contribution in [0.3, 0.4) is 0 Å². The summed E-state index contributed by atoms with van der Waals surface area (Å²) in [7, 11) is 1.96. The van der Waals surface area contributed by atoms with E-state index in [-0.39, 0.29) is 0 Å². The van der Waals surface area contributed by atoms with Crippen LogP contribution in [0.4, 0.5) is 5.69 Å². The highest BCUT2D eigenvalue weighted by atomic mass is 79.9. The van der Waals surface area contributed by atoms with Crippen LogP contribution in [-0.4, -0.2) is 13.6 Å². The van der Waals surface area contributed by atoms with Gasteiger partial charge in [0.05, 0.1) is 11.6 Å². The first-order valence-electron chi connectivity index (χ1n) is 4.20. The van der Waals surface area contributed by atoms with Crippen molar-refractivity contribution < 1.29 is 0 Å². The Morgan fingerprint density at radius 3 is 2.86 bits per heavy atom. The predicted molar refractivity (Wildman–Crippen MR) is 62.3 cm³/mol. The molecule has 0 aromatic heterocycles. The highest BCUT2D eigenvalue weighted by Crippen LogP contribution is 2.21. The van der Waals surface area contributed by atoms with E-state index in [2.05, 4.69) is 28.6 Å². The molecule has 0 unspecified atom stereocenters. The Bertz CT molecular complexity index is 379. The van der Waals surface area contributed by atoms with Crippen LogP contribution in [0.25, 0.3) is 0 Å². The van der Waals surface area contributed by atoms with E-state index in [0.717, 1.165) is 16.7 Å². The Hall–Kier alpha value is -1.27. The molecule has 0 aliphatic heterocycles. The Morgan fingerprint density at radius 2 is 2.29 bits per heavy atom. The van der Waals surface area contributed by atoms with Crippen molar-refractivity contribution >= 4 is 21.6 Å². The second-order valence-electron chi connectivity index (χ2n) is 2.98. The zero-order valence-electron chi connectivity index (χ0n) is 8.00. The molecule has 0 atom stereocenters. The molecule has 0 fully saturated rings. The number of anilines is 1. The van der Waals surface area contributed by atoms with Gasteiger partial charge in [0.2, 0.25) is 0 Å². The summed E-state index contributed by atoms with van der Waals surface area (Å²) < 4.78 is 0.919. The smallest absolute Gasteiger partial charge is 0.0992 e. The molecule has 0 saturated carbocycles. The fourth-order valence-electron chi connectivity index (χ4n) is 1.16. The van der Waals surface area contributed by atoms with E-state index in [1.807, 2.05) is 30.2 Å². The fourth-order valence-corrected chi connectivity index (χ4v) is 1.64. The van der Waals surface area contributed by atoms with Gasteiger partial charge in [-0.05, 0) is 18.2 Å². The third-order valence-electron chi connectivity index (χ3n) is 1.86. The number of hydrogen-bond acceptors (Lipinski definition) is 2. The maximum Gasteiger partial charge on any atom is 0.0992 e. The molecule has 0 aliphatic carbocycles. The van der Waals surface area contributed by atoms with Crippen molar-refractivity contribution in [2.24, 2.45) is 0 Å². The van der Waals surface area contributed by atoms with Gasteiger partial charge in [-0.25, -0.2) is 0 Å². The monoisotopic (exact) mass is 250 g/mol. The van der Waals surface area contributed by atoms with Crippen LogP contribution < -0.4 is 4.90 Å². The van der Waals surface area contributed by atoms with Crippen molar-refractivity contribution in [2.45, 2.75) is 0 Å². The first-order valence-corrected chi connectivity index (χ1v) is 4.99. The van der Waals surface area contributed by atoms with Crippen LogP contribution in [0.5, 0.6) is 0 Å². The lowest BCUT2D eigenvalue weighted by atomic mass is 10.2. The average Bonchev–Trinajstić information content (AvgIpc) is 2.17. The van der Waals surface area contributed by atoms with Gasteiger partial charge in [0, 0.05) is 23.8 Å². The zero-order chi connectivity index (χ0) is 10.6. The number of likely N-dealkylation sites (N-methyl/N-ethyl adjacent to an activating group) is 1. The van der Waals surface area contributed by atoms with E-state index < -0.39 is 0 Å². The Labute approximate surface area is 92.6 Å². The molecule has 0 amide bonds. The molecule has 14 heavy (non-hydrogen) atoms. The lowest BCUT2D eigenvalue weighted by Gasteiger charge is -2.17. The van der Waals surface area contributed by atoms with Crippen LogP contribution in [0.2, 0.25) is 0 Å². The highest BCUT2D eigenvalue weighted by molar-refractivity contribution is 9.10. The lowest BCUT2D eigenvalue weighted by molar-refractivity contribution is 1.03. The minimum Gasteiger partial charge on any atom is -0.371 e. The molecular formula is C11H11BrN2. The standard InChI is InChI=1S/C11H11BrN2/c1-3-4-14(2)11-6-9(8-13)5-10(12)7-11/h3,5-7H,1,4H2,2H3. The zero-order valence-corrected chi connectivity index (χ0v) is 9.58. The lowest BCUT2D eigenvalue weighted by Crippen LogP contribution is -2.16. The Kier molecular flexibility index (Phi) is 3.73. The molecule has 0 N–H and O–H groups in total. The fraction of sp³-hybridized carbons (Fsp3) is 0.182. The molecule has 1 aromatic carbocycles. The Balaban J connectivity index is 3.03. The van der Waals surface area contributed by atoms with Crippen LogP contribution in [0, 0.1) is 11.3 Å². The minimum atomic E-state index is 0.658. The van der Waals surface area contributed by atoms with Crippen molar-refractivity contribution in [3.05, 3.63) is 40.9 Å². The summed E-state index contributed by atoms with van der Waals surface area (Å²) in [6.45, 7) is 4.44. The topological polar surface area (TPSA) is 27.0 Å². The van der Waals surface area contributed by atoms with Gasteiger partial charge in [-0.2, -0.15) is 5.26 Å². The number of benzene rings is 1. The van der Waals surface area contributed by atoms with Gasteiger partial charge in [0.25, 0.3) is 0 Å². The van der Waals surface area contributed by atoms with Gasteiger partial charge in [-0.3, -0.25) is 0 Å². The van der Waals surface area contributed by atoms with Gasteiger partial charge in [0.1, 0.15) is 0 Å². The van der Waals surface area contributed by atoms with Gasteiger partial charge < -0.3 is 4.90 Å². The van der Waals surface area contributed by atoms with Crippen molar-refractivity contribution in [1.82, 2.24) is 0 Å². The summed E-state index contributed by atoms with van der Waals surface area (Å²) in [5.41, 5.74) is 1.67. The molecular weight excluding hydrogens is 240 g/mol. The number of nitriles is 1. The van der Waals surface area contributed by atoms with Crippen molar-refractivity contribution in [2.75, 3.05) is 18.5 Å². The quantitative estimate of drug-likeness (QED) is 0.772. The minimum absolute atomic E-state index is 0.658. The molecule has 0 saturated heterocycles.